The molecular weight excluding hydrogens is 319 g/mol. The summed E-state index contributed by atoms with van der Waals surface area (Å²) < 4.78 is 13.9. The third kappa shape index (κ3) is 3.55. The molecule has 25 heavy (non-hydrogen) atoms. The van der Waals surface area contributed by atoms with Gasteiger partial charge in [0, 0.05) is 24.2 Å². The Kier molecular flexibility index (Phi) is 4.57. The third-order valence-electron chi connectivity index (χ3n) is 4.66. The SMILES string of the molecule is CC(=O)Nc1c(C)ccc(NC(=O)[C@@H]2C[C@H]2c2ccccc2F)c1C. The average Bonchev–Trinajstić information content (AvgIpc) is 3.35. The number of anilines is 2. The topological polar surface area (TPSA) is 58.2 Å². The van der Waals surface area contributed by atoms with Crippen molar-refractivity contribution in [1.29, 1.82) is 0 Å². The minimum absolute atomic E-state index is 0.0678. The Hall–Kier alpha value is -2.69. The van der Waals surface area contributed by atoms with Crippen molar-refractivity contribution in [2.75, 3.05) is 10.6 Å². The molecule has 2 N–H and O–H groups in total. The lowest BCUT2D eigenvalue weighted by molar-refractivity contribution is -0.117. The minimum atomic E-state index is -0.262. The number of hydrogen-bond donors (Lipinski definition) is 2. The van der Waals surface area contributed by atoms with E-state index in [1.165, 1.54) is 13.0 Å². The van der Waals surface area contributed by atoms with Gasteiger partial charge in [-0.05, 0) is 55.0 Å². The van der Waals surface area contributed by atoms with E-state index in [-0.39, 0.29) is 29.5 Å². The van der Waals surface area contributed by atoms with Crippen LogP contribution in [0.5, 0.6) is 0 Å². The number of carbonyl (C=O) groups is 2. The van der Waals surface area contributed by atoms with E-state index in [0.717, 1.165) is 11.1 Å². The minimum Gasteiger partial charge on any atom is -0.326 e. The molecule has 2 amide bonds. The highest BCUT2D eigenvalue weighted by molar-refractivity contribution is 5.98. The van der Waals surface area contributed by atoms with Gasteiger partial charge in [0.15, 0.2) is 0 Å². The van der Waals surface area contributed by atoms with Gasteiger partial charge in [0.05, 0.1) is 0 Å². The maximum absolute atomic E-state index is 13.9. The highest BCUT2D eigenvalue weighted by atomic mass is 19.1. The van der Waals surface area contributed by atoms with Crippen molar-refractivity contribution in [3.8, 4) is 0 Å². The molecule has 1 saturated carbocycles. The first kappa shape index (κ1) is 17.1. The van der Waals surface area contributed by atoms with Gasteiger partial charge < -0.3 is 10.6 Å². The quantitative estimate of drug-likeness (QED) is 0.879. The zero-order valence-corrected chi connectivity index (χ0v) is 14.5. The van der Waals surface area contributed by atoms with E-state index in [2.05, 4.69) is 10.6 Å². The second kappa shape index (κ2) is 6.67. The molecule has 3 rings (SSSR count). The Bertz CT molecular complexity index is 848. The lowest BCUT2D eigenvalue weighted by atomic mass is 10.1. The third-order valence-corrected chi connectivity index (χ3v) is 4.66. The molecule has 1 fully saturated rings. The highest BCUT2D eigenvalue weighted by Crippen LogP contribution is 2.48. The number of amides is 2. The molecule has 130 valence electrons. The van der Waals surface area contributed by atoms with Crippen LogP contribution in [0.2, 0.25) is 0 Å². The average molecular weight is 340 g/mol. The van der Waals surface area contributed by atoms with Crippen LogP contribution in [-0.2, 0) is 9.59 Å². The van der Waals surface area contributed by atoms with E-state index < -0.39 is 0 Å². The lowest BCUT2D eigenvalue weighted by Gasteiger charge is -2.15. The van der Waals surface area contributed by atoms with Gasteiger partial charge in [-0.1, -0.05) is 24.3 Å². The van der Waals surface area contributed by atoms with E-state index in [1.54, 1.807) is 18.2 Å². The second-order valence-electron chi connectivity index (χ2n) is 6.57. The van der Waals surface area contributed by atoms with Crippen molar-refractivity contribution in [3.63, 3.8) is 0 Å². The lowest BCUT2D eigenvalue weighted by Crippen LogP contribution is -2.17. The van der Waals surface area contributed by atoms with Crippen LogP contribution in [0.25, 0.3) is 0 Å². The molecule has 0 radical (unpaired) electrons. The van der Waals surface area contributed by atoms with Crippen LogP contribution in [0.3, 0.4) is 0 Å². The van der Waals surface area contributed by atoms with Gasteiger partial charge in [-0.3, -0.25) is 9.59 Å². The summed E-state index contributed by atoms with van der Waals surface area (Å²) in [6, 6.07) is 10.3. The number of carbonyl (C=O) groups excluding carboxylic acids is 2. The van der Waals surface area contributed by atoms with E-state index in [1.807, 2.05) is 26.0 Å². The second-order valence-corrected chi connectivity index (χ2v) is 6.57. The van der Waals surface area contributed by atoms with E-state index in [9.17, 15) is 14.0 Å². The van der Waals surface area contributed by atoms with Crippen molar-refractivity contribution in [2.45, 2.75) is 33.1 Å². The van der Waals surface area contributed by atoms with Gasteiger partial charge >= 0.3 is 0 Å². The van der Waals surface area contributed by atoms with Crippen molar-refractivity contribution in [1.82, 2.24) is 0 Å². The van der Waals surface area contributed by atoms with Gasteiger partial charge in [0.2, 0.25) is 11.8 Å². The zero-order chi connectivity index (χ0) is 18.1. The monoisotopic (exact) mass is 340 g/mol. The van der Waals surface area contributed by atoms with E-state index in [0.29, 0.717) is 23.4 Å². The summed E-state index contributed by atoms with van der Waals surface area (Å²) in [5.74, 6) is -0.823. The summed E-state index contributed by atoms with van der Waals surface area (Å²) in [4.78, 5) is 23.9. The van der Waals surface area contributed by atoms with Gasteiger partial charge in [-0.2, -0.15) is 0 Å². The van der Waals surface area contributed by atoms with Crippen LogP contribution in [0.15, 0.2) is 36.4 Å². The summed E-state index contributed by atoms with van der Waals surface area (Å²) in [6.45, 7) is 5.21. The van der Waals surface area contributed by atoms with Gasteiger partial charge in [-0.25, -0.2) is 4.39 Å². The first-order valence-corrected chi connectivity index (χ1v) is 8.31. The van der Waals surface area contributed by atoms with Crippen LogP contribution in [-0.4, -0.2) is 11.8 Å². The maximum Gasteiger partial charge on any atom is 0.228 e. The predicted octanol–water partition coefficient (Wildman–Crippen LogP) is 4.14. The molecule has 0 spiro atoms. The highest BCUT2D eigenvalue weighted by Gasteiger charge is 2.45. The first-order valence-electron chi connectivity index (χ1n) is 8.31. The van der Waals surface area contributed by atoms with Crippen LogP contribution in [0.1, 0.15) is 36.0 Å². The van der Waals surface area contributed by atoms with Crippen molar-refractivity contribution < 1.29 is 14.0 Å². The normalized spacial score (nSPS) is 18.6. The number of nitrogens with one attached hydrogen (secondary N) is 2. The summed E-state index contributed by atoms with van der Waals surface area (Å²) in [6.07, 6.45) is 0.649. The Morgan fingerprint density at radius 3 is 2.48 bits per heavy atom. The Morgan fingerprint density at radius 1 is 1.08 bits per heavy atom. The van der Waals surface area contributed by atoms with Crippen molar-refractivity contribution in [3.05, 3.63) is 58.9 Å². The van der Waals surface area contributed by atoms with Gasteiger partial charge in [0.25, 0.3) is 0 Å². The maximum atomic E-state index is 13.9. The van der Waals surface area contributed by atoms with E-state index in [4.69, 9.17) is 0 Å². The fraction of sp³-hybridized carbons (Fsp3) is 0.300. The standard InChI is InChI=1S/C20H21FN2O2/c1-11-8-9-18(12(2)19(11)22-13(3)24)23-20(25)16-10-15(16)14-6-4-5-7-17(14)21/h4-9,15-16H,10H2,1-3H3,(H,22,24)(H,23,25)/t15-,16+/m0/s1. The molecule has 0 saturated heterocycles. The number of halogens is 1. The summed E-state index contributed by atoms with van der Waals surface area (Å²) in [5.41, 5.74) is 3.72. The van der Waals surface area contributed by atoms with Gasteiger partial charge in [0.1, 0.15) is 5.82 Å². The van der Waals surface area contributed by atoms with Crippen molar-refractivity contribution in [2.24, 2.45) is 5.92 Å². The van der Waals surface area contributed by atoms with Crippen LogP contribution >= 0.6 is 0 Å². The molecule has 5 heteroatoms. The number of benzene rings is 2. The number of aryl methyl sites for hydroxylation is 1. The Balaban J connectivity index is 1.74. The number of hydrogen-bond acceptors (Lipinski definition) is 2. The molecule has 1 aliphatic carbocycles. The molecule has 0 heterocycles. The summed E-state index contributed by atoms with van der Waals surface area (Å²) >= 11 is 0. The molecular formula is C20H21FN2O2. The molecule has 2 atom stereocenters. The fourth-order valence-corrected chi connectivity index (χ4v) is 3.18. The summed E-state index contributed by atoms with van der Waals surface area (Å²) in [7, 11) is 0. The molecule has 2 aromatic carbocycles. The van der Waals surface area contributed by atoms with Crippen LogP contribution in [0, 0.1) is 25.6 Å². The first-order chi connectivity index (χ1) is 11.9. The van der Waals surface area contributed by atoms with Gasteiger partial charge in [-0.15, -0.1) is 0 Å². The largest absolute Gasteiger partial charge is 0.326 e. The Labute approximate surface area is 146 Å². The van der Waals surface area contributed by atoms with Crippen LogP contribution in [0.4, 0.5) is 15.8 Å². The Morgan fingerprint density at radius 2 is 1.80 bits per heavy atom. The molecule has 0 aromatic heterocycles. The fourth-order valence-electron chi connectivity index (χ4n) is 3.18. The van der Waals surface area contributed by atoms with Crippen LogP contribution < -0.4 is 10.6 Å². The summed E-state index contributed by atoms with van der Waals surface area (Å²) in [5, 5.41) is 5.72. The van der Waals surface area contributed by atoms with E-state index >= 15 is 0 Å². The predicted molar refractivity (Wildman–Crippen MR) is 96.1 cm³/mol. The smallest absolute Gasteiger partial charge is 0.228 e. The molecule has 1 aliphatic rings. The molecule has 2 aromatic rings. The molecule has 4 nitrogen and oxygen atoms in total. The molecule has 0 aliphatic heterocycles. The molecule has 0 bridgehead atoms. The zero-order valence-electron chi connectivity index (χ0n) is 14.5. The molecule has 0 unspecified atom stereocenters. The number of rotatable bonds is 4. The van der Waals surface area contributed by atoms with Crippen molar-refractivity contribution >= 4 is 23.2 Å².